The summed E-state index contributed by atoms with van der Waals surface area (Å²) in [5, 5.41) is 11.8. The molecule has 0 fully saturated rings. The van der Waals surface area contributed by atoms with E-state index in [-0.39, 0.29) is 5.56 Å². The Labute approximate surface area is 138 Å². The van der Waals surface area contributed by atoms with E-state index < -0.39 is 18.0 Å². The van der Waals surface area contributed by atoms with Gasteiger partial charge in [0.05, 0.1) is 27.9 Å². The van der Waals surface area contributed by atoms with Crippen LogP contribution in [0.1, 0.15) is 22.8 Å². The number of benzene rings is 2. The van der Waals surface area contributed by atoms with Crippen molar-refractivity contribution < 1.29 is 14.3 Å². The van der Waals surface area contributed by atoms with E-state index >= 15 is 0 Å². The fourth-order valence-electron chi connectivity index (χ4n) is 1.79. The third-order valence-corrected chi connectivity index (χ3v) is 3.34. The van der Waals surface area contributed by atoms with E-state index in [0.29, 0.717) is 16.3 Å². The van der Waals surface area contributed by atoms with Crippen molar-refractivity contribution in [1.29, 1.82) is 5.26 Å². The molecule has 0 aromatic heterocycles. The second kappa shape index (κ2) is 7.43. The minimum atomic E-state index is -1.01. The molecule has 0 saturated heterocycles. The Kier molecular flexibility index (Phi) is 5.34. The van der Waals surface area contributed by atoms with Crippen molar-refractivity contribution in [1.82, 2.24) is 0 Å². The average molecular weight is 329 g/mol. The molecule has 0 aliphatic heterocycles. The Morgan fingerprint density at radius 3 is 2.65 bits per heavy atom. The lowest BCUT2D eigenvalue weighted by Crippen LogP contribution is -2.30. The number of para-hydroxylation sites is 1. The van der Waals surface area contributed by atoms with E-state index in [2.05, 4.69) is 5.32 Å². The molecule has 1 amide bonds. The fraction of sp³-hybridized carbons (Fsp3) is 0.118. The van der Waals surface area contributed by atoms with E-state index in [0.717, 1.165) is 0 Å². The predicted octanol–water partition coefficient (Wildman–Crippen LogP) is 3.40. The van der Waals surface area contributed by atoms with Gasteiger partial charge in [0.2, 0.25) is 0 Å². The summed E-state index contributed by atoms with van der Waals surface area (Å²) in [6, 6.07) is 14.8. The minimum Gasteiger partial charge on any atom is -0.449 e. The van der Waals surface area contributed by atoms with Gasteiger partial charge in [-0.2, -0.15) is 5.26 Å². The lowest BCUT2D eigenvalue weighted by Gasteiger charge is -2.14. The lowest BCUT2D eigenvalue weighted by atomic mass is 10.1. The second-order valence-electron chi connectivity index (χ2n) is 4.71. The SMILES string of the molecule is CC(OC(=O)c1cccc(C#N)c1)C(=O)Nc1ccccc1Cl. The number of carbonyl (C=O) groups is 2. The van der Waals surface area contributed by atoms with Crippen molar-refractivity contribution >= 4 is 29.2 Å². The van der Waals surface area contributed by atoms with Gasteiger partial charge in [0.1, 0.15) is 0 Å². The first kappa shape index (κ1) is 16.5. The van der Waals surface area contributed by atoms with Gasteiger partial charge in [0.15, 0.2) is 6.10 Å². The van der Waals surface area contributed by atoms with Gasteiger partial charge in [-0.1, -0.05) is 29.8 Å². The second-order valence-corrected chi connectivity index (χ2v) is 5.12. The first-order valence-corrected chi connectivity index (χ1v) is 7.15. The zero-order valence-electron chi connectivity index (χ0n) is 12.2. The van der Waals surface area contributed by atoms with Crippen molar-refractivity contribution in [2.75, 3.05) is 5.32 Å². The summed E-state index contributed by atoms with van der Waals surface area (Å²) in [4.78, 5) is 24.1. The third kappa shape index (κ3) is 4.31. The van der Waals surface area contributed by atoms with Crippen LogP contribution in [-0.2, 0) is 9.53 Å². The molecule has 116 valence electrons. The number of nitrogens with zero attached hydrogens (tertiary/aromatic N) is 1. The van der Waals surface area contributed by atoms with Crippen LogP contribution in [0.25, 0.3) is 0 Å². The quantitative estimate of drug-likeness (QED) is 0.872. The molecule has 2 rings (SSSR count). The molecule has 0 radical (unpaired) electrons. The van der Waals surface area contributed by atoms with Gasteiger partial charge in [-0.15, -0.1) is 0 Å². The summed E-state index contributed by atoms with van der Waals surface area (Å²) in [6.07, 6.45) is -1.01. The van der Waals surface area contributed by atoms with E-state index in [1.54, 1.807) is 36.4 Å². The van der Waals surface area contributed by atoms with E-state index in [4.69, 9.17) is 21.6 Å². The molecular weight excluding hydrogens is 316 g/mol. The molecule has 1 atom stereocenters. The van der Waals surface area contributed by atoms with Crippen LogP contribution in [0, 0.1) is 11.3 Å². The Hall–Kier alpha value is -2.84. The Balaban J connectivity index is 2.02. The number of nitrogens with one attached hydrogen (secondary N) is 1. The number of esters is 1. The highest BCUT2D eigenvalue weighted by atomic mass is 35.5. The van der Waals surface area contributed by atoms with Gasteiger partial charge >= 0.3 is 5.97 Å². The number of rotatable bonds is 4. The fourth-order valence-corrected chi connectivity index (χ4v) is 1.98. The number of carbonyl (C=O) groups excluding carboxylic acids is 2. The maximum atomic E-state index is 12.1. The molecule has 1 unspecified atom stereocenters. The Morgan fingerprint density at radius 2 is 1.96 bits per heavy atom. The monoisotopic (exact) mass is 328 g/mol. The molecule has 5 nitrogen and oxygen atoms in total. The highest BCUT2D eigenvalue weighted by molar-refractivity contribution is 6.33. The molecule has 0 heterocycles. The van der Waals surface area contributed by atoms with Crippen molar-refractivity contribution in [3.05, 3.63) is 64.7 Å². The highest BCUT2D eigenvalue weighted by Crippen LogP contribution is 2.20. The minimum absolute atomic E-state index is 0.210. The zero-order chi connectivity index (χ0) is 16.8. The number of anilines is 1. The molecule has 0 spiro atoms. The summed E-state index contributed by atoms with van der Waals surface area (Å²) >= 11 is 5.95. The van der Waals surface area contributed by atoms with Crippen LogP contribution in [0.15, 0.2) is 48.5 Å². The van der Waals surface area contributed by atoms with Gasteiger partial charge in [-0.25, -0.2) is 4.79 Å². The van der Waals surface area contributed by atoms with Crippen LogP contribution in [0.2, 0.25) is 5.02 Å². The number of nitriles is 1. The van der Waals surface area contributed by atoms with E-state index in [1.807, 2.05) is 6.07 Å². The number of ether oxygens (including phenoxy) is 1. The normalized spacial score (nSPS) is 11.2. The maximum absolute atomic E-state index is 12.1. The summed E-state index contributed by atoms with van der Waals surface area (Å²) < 4.78 is 5.11. The van der Waals surface area contributed by atoms with Crippen LogP contribution in [0.5, 0.6) is 0 Å². The molecular formula is C17H13ClN2O3. The van der Waals surface area contributed by atoms with E-state index in [1.165, 1.54) is 19.1 Å². The Morgan fingerprint density at radius 1 is 1.22 bits per heavy atom. The summed E-state index contributed by atoms with van der Waals surface area (Å²) in [5.41, 5.74) is 0.989. The van der Waals surface area contributed by atoms with Crippen LogP contribution >= 0.6 is 11.6 Å². The maximum Gasteiger partial charge on any atom is 0.338 e. The van der Waals surface area contributed by atoms with Crippen molar-refractivity contribution in [3.8, 4) is 6.07 Å². The third-order valence-electron chi connectivity index (χ3n) is 3.01. The van der Waals surface area contributed by atoms with Crippen LogP contribution in [0.4, 0.5) is 5.69 Å². The van der Waals surface area contributed by atoms with Gasteiger partial charge in [-0.05, 0) is 37.3 Å². The van der Waals surface area contributed by atoms with Crippen LogP contribution in [0.3, 0.4) is 0 Å². The van der Waals surface area contributed by atoms with Gasteiger partial charge in [0.25, 0.3) is 5.91 Å². The number of hydrogen-bond acceptors (Lipinski definition) is 4. The largest absolute Gasteiger partial charge is 0.449 e. The molecule has 0 aliphatic rings. The lowest BCUT2D eigenvalue weighted by molar-refractivity contribution is -0.123. The van der Waals surface area contributed by atoms with E-state index in [9.17, 15) is 9.59 Å². The molecule has 2 aromatic carbocycles. The van der Waals surface area contributed by atoms with Gasteiger partial charge in [0, 0.05) is 0 Å². The summed E-state index contributed by atoms with van der Waals surface area (Å²) in [5.74, 6) is -1.17. The zero-order valence-corrected chi connectivity index (χ0v) is 13.0. The summed E-state index contributed by atoms with van der Waals surface area (Å²) in [7, 11) is 0. The molecule has 0 bridgehead atoms. The smallest absolute Gasteiger partial charge is 0.338 e. The number of halogens is 1. The molecule has 23 heavy (non-hydrogen) atoms. The van der Waals surface area contributed by atoms with Crippen molar-refractivity contribution in [2.45, 2.75) is 13.0 Å². The molecule has 6 heteroatoms. The molecule has 0 saturated carbocycles. The first-order valence-electron chi connectivity index (χ1n) is 6.78. The number of hydrogen-bond donors (Lipinski definition) is 1. The molecule has 1 N–H and O–H groups in total. The first-order chi connectivity index (χ1) is 11.0. The standard InChI is InChI=1S/C17H13ClN2O3/c1-11(16(21)20-15-8-3-2-7-14(15)18)23-17(22)13-6-4-5-12(9-13)10-19/h2-9,11H,1H3,(H,20,21). The van der Waals surface area contributed by atoms with Crippen LogP contribution in [-0.4, -0.2) is 18.0 Å². The van der Waals surface area contributed by atoms with Crippen molar-refractivity contribution in [3.63, 3.8) is 0 Å². The van der Waals surface area contributed by atoms with Gasteiger partial charge < -0.3 is 10.1 Å². The Bertz CT molecular complexity index is 783. The molecule has 0 aliphatic carbocycles. The number of amides is 1. The summed E-state index contributed by atoms with van der Waals surface area (Å²) in [6.45, 7) is 1.46. The van der Waals surface area contributed by atoms with Gasteiger partial charge in [-0.3, -0.25) is 4.79 Å². The molecule has 2 aromatic rings. The van der Waals surface area contributed by atoms with Crippen LogP contribution < -0.4 is 5.32 Å². The highest BCUT2D eigenvalue weighted by Gasteiger charge is 2.19. The average Bonchev–Trinajstić information content (AvgIpc) is 2.56. The van der Waals surface area contributed by atoms with Crippen molar-refractivity contribution in [2.24, 2.45) is 0 Å². The topological polar surface area (TPSA) is 79.2 Å². The predicted molar refractivity (Wildman–Crippen MR) is 86.1 cm³/mol.